The van der Waals surface area contributed by atoms with E-state index in [0.717, 1.165) is 0 Å². The minimum Gasteiger partial charge on any atom is -0.478 e. The number of para-hydroxylation sites is 1. The molecule has 2 N–H and O–H groups in total. The van der Waals surface area contributed by atoms with Crippen LogP contribution >= 0.6 is 0 Å². The lowest BCUT2D eigenvalue weighted by molar-refractivity contribution is 0.0697. The normalized spacial score (nSPS) is 10.2. The highest BCUT2D eigenvalue weighted by Crippen LogP contribution is 2.22. The number of anilines is 2. The number of ketones is 1. The molecule has 0 amide bonds. The number of aromatic carboxylic acids is 1. The molecule has 3 aromatic carbocycles. The van der Waals surface area contributed by atoms with Gasteiger partial charge in [0.1, 0.15) is 0 Å². The quantitative estimate of drug-likeness (QED) is 0.686. The van der Waals surface area contributed by atoms with Gasteiger partial charge in [-0.3, -0.25) is 4.79 Å². The maximum Gasteiger partial charge on any atom is 0.337 e. The van der Waals surface area contributed by atoms with Crippen molar-refractivity contribution in [2.75, 3.05) is 5.32 Å². The van der Waals surface area contributed by atoms with E-state index in [9.17, 15) is 14.7 Å². The first-order valence-electron chi connectivity index (χ1n) is 7.44. The Morgan fingerprint density at radius 1 is 0.750 bits per heavy atom. The average Bonchev–Trinajstić information content (AvgIpc) is 2.62. The number of nitrogens with one attached hydrogen (secondary N) is 1. The molecule has 0 aliphatic heterocycles. The molecule has 0 spiro atoms. The van der Waals surface area contributed by atoms with Crippen LogP contribution in [0.25, 0.3) is 0 Å². The van der Waals surface area contributed by atoms with Crippen LogP contribution in [-0.4, -0.2) is 16.9 Å². The number of carboxylic acid groups (broad SMARTS) is 1. The molecule has 4 heteroatoms. The highest BCUT2D eigenvalue weighted by molar-refractivity contribution is 6.09. The zero-order chi connectivity index (χ0) is 16.9. The summed E-state index contributed by atoms with van der Waals surface area (Å²) in [5, 5.41) is 12.3. The fourth-order valence-electron chi connectivity index (χ4n) is 2.43. The van der Waals surface area contributed by atoms with Crippen LogP contribution in [0.5, 0.6) is 0 Å². The number of benzene rings is 3. The maximum absolute atomic E-state index is 12.5. The van der Waals surface area contributed by atoms with E-state index in [0.29, 0.717) is 22.5 Å². The van der Waals surface area contributed by atoms with Crippen molar-refractivity contribution in [1.29, 1.82) is 0 Å². The Kier molecular flexibility index (Phi) is 4.38. The van der Waals surface area contributed by atoms with Gasteiger partial charge in [0.25, 0.3) is 0 Å². The molecule has 24 heavy (non-hydrogen) atoms. The number of carbonyl (C=O) groups excluding carboxylic acids is 1. The maximum atomic E-state index is 12.5. The molecule has 0 heterocycles. The van der Waals surface area contributed by atoms with Gasteiger partial charge in [-0.1, -0.05) is 54.6 Å². The average molecular weight is 317 g/mol. The minimum atomic E-state index is -1.00. The smallest absolute Gasteiger partial charge is 0.337 e. The topological polar surface area (TPSA) is 66.4 Å². The van der Waals surface area contributed by atoms with Crippen LogP contribution < -0.4 is 5.32 Å². The molecule has 0 saturated carbocycles. The molecule has 0 saturated heterocycles. The van der Waals surface area contributed by atoms with E-state index >= 15 is 0 Å². The second-order valence-corrected chi connectivity index (χ2v) is 5.25. The number of carbonyl (C=O) groups is 2. The number of hydrogen-bond donors (Lipinski definition) is 2. The summed E-state index contributed by atoms with van der Waals surface area (Å²) in [4.78, 5) is 23.8. The number of rotatable bonds is 5. The SMILES string of the molecule is O=C(c1ccccc1)c1cccc(Nc2ccccc2C(=O)O)c1. The lowest BCUT2D eigenvalue weighted by Gasteiger charge is -2.10. The molecular weight excluding hydrogens is 302 g/mol. The van der Waals surface area contributed by atoms with Gasteiger partial charge < -0.3 is 10.4 Å². The summed E-state index contributed by atoms with van der Waals surface area (Å²) in [6.07, 6.45) is 0. The van der Waals surface area contributed by atoms with Crippen molar-refractivity contribution in [1.82, 2.24) is 0 Å². The van der Waals surface area contributed by atoms with Crippen LogP contribution in [0.2, 0.25) is 0 Å². The molecule has 0 bridgehead atoms. The van der Waals surface area contributed by atoms with Gasteiger partial charge >= 0.3 is 5.97 Å². The van der Waals surface area contributed by atoms with Gasteiger partial charge in [-0.05, 0) is 24.3 Å². The van der Waals surface area contributed by atoms with Crippen LogP contribution in [0.3, 0.4) is 0 Å². The van der Waals surface area contributed by atoms with Gasteiger partial charge in [-0.25, -0.2) is 4.79 Å². The largest absolute Gasteiger partial charge is 0.478 e. The predicted molar refractivity (Wildman–Crippen MR) is 93.0 cm³/mol. The van der Waals surface area contributed by atoms with Crippen LogP contribution in [0.4, 0.5) is 11.4 Å². The van der Waals surface area contributed by atoms with Gasteiger partial charge in [0.2, 0.25) is 0 Å². The van der Waals surface area contributed by atoms with Crippen molar-refractivity contribution in [2.24, 2.45) is 0 Å². The number of hydrogen-bond acceptors (Lipinski definition) is 3. The van der Waals surface area contributed by atoms with Gasteiger partial charge in [0.05, 0.1) is 11.3 Å². The van der Waals surface area contributed by atoms with E-state index in [-0.39, 0.29) is 11.3 Å². The summed E-state index contributed by atoms with van der Waals surface area (Å²) in [6.45, 7) is 0. The molecule has 0 aliphatic rings. The first-order chi connectivity index (χ1) is 11.6. The van der Waals surface area contributed by atoms with E-state index < -0.39 is 5.97 Å². The molecule has 3 rings (SSSR count). The molecule has 0 unspecified atom stereocenters. The van der Waals surface area contributed by atoms with Gasteiger partial charge in [-0.2, -0.15) is 0 Å². The molecule has 0 aromatic heterocycles. The molecule has 0 radical (unpaired) electrons. The third-order valence-electron chi connectivity index (χ3n) is 3.60. The highest BCUT2D eigenvalue weighted by atomic mass is 16.4. The van der Waals surface area contributed by atoms with Crippen molar-refractivity contribution in [3.8, 4) is 0 Å². The summed E-state index contributed by atoms with van der Waals surface area (Å²) in [5.41, 5.74) is 2.47. The summed E-state index contributed by atoms with van der Waals surface area (Å²) >= 11 is 0. The summed E-state index contributed by atoms with van der Waals surface area (Å²) in [7, 11) is 0. The molecule has 0 aliphatic carbocycles. The van der Waals surface area contributed by atoms with Gasteiger partial charge in [0.15, 0.2) is 5.78 Å². The first-order valence-corrected chi connectivity index (χ1v) is 7.44. The Labute approximate surface area is 139 Å². The second-order valence-electron chi connectivity index (χ2n) is 5.25. The van der Waals surface area contributed by atoms with Gasteiger partial charge in [0, 0.05) is 16.8 Å². The standard InChI is InChI=1S/C20H15NO3/c22-19(14-7-2-1-3-8-14)15-9-6-10-16(13-15)21-18-12-5-4-11-17(18)20(23)24/h1-13,21H,(H,23,24). The zero-order valence-electron chi connectivity index (χ0n) is 12.8. The lowest BCUT2D eigenvalue weighted by Crippen LogP contribution is -2.04. The fraction of sp³-hybridized carbons (Fsp3) is 0. The Morgan fingerprint density at radius 2 is 1.42 bits per heavy atom. The summed E-state index contributed by atoms with van der Waals surface area (Å²) < 4.78 is 0. The van der Waals surface area contributed by atoms with Crippen LogP contribution in [0.1, 0.15) is 26.3 Å². The van der Waals surface area contributed by atoms with Gasteiger partial charge in [-0.15, -0.1) is 0 Å². The van der Waals surface area contributed by atoms with Crippen molar-refractivity contribution in [3.05, 3.63) is 95.6 Å². The third kappa shape index (κ3) is 3.33. The van der Waals surface area contributed by atoms with E-state index in [1.807, 2.05) is 18.2 Å². The molecule has 0 atom stereocenters. The van der Waals surface area contributed by atoms with E-state index in [1.54, 1.807) is 54.6 Å². The second kappa shape index (κ2) is 6.79. The fourth-order valence-corrected chi connectivity index (χ4v) is 2.43. The summed E-state index contributed by atoms with van der Waals surface area (Å²) in [6, 6.07) is 22.7. The minimum absolute atomic E-state index is 0.0780. The van der Waals surface area contributed by atoms with Crippen molar-refractivity contribution < 1.29 is 14.7 Å². The molecule has 3 aromatic rings. The van der Waals surface area contributed by atoms with Crippen LogP contribution in [-0.2, 0) is 0 Å². The molecule has 4 nitrogen and oxygen atoms in total. The zero-order valence-corrected chi connectivity index (χ0v) is 12.8. The van der Waals surface area contributed by atoms with Crippen LogP contribution in [0.15, 0.2) is 78.9 Å². The molecular formula is C20H15NO3. The van der Waals surface area contributed by atoms with E-state index in [4.69, 9.17) is 0 Å². The predicted octanol–water partition coefficient (Wildman–Crippen LogP) is 4.36. The number of carboxylic acids is 1. The van der Waals surface area contributed by atoms with E-state index in [1.165, 1.54) is 6.07 Å². The Bertz CT molecular complexity index is 888. The summed E-state index contributed by atoms with van der Waals surface area (Å²) in [5.74, 6) is -1.08. The highest BCUT2D eigenvalue weighted by Gasteiger charge is 2.11. The Balaban J connectivity index is 1.89. The molecule has 0 fully saturated rings. The van der Waals surface area contributed by atoms with E-state index in [2.05, 4.69) is 5.32 Å². The molecule has 118 valence electrons. The van der Waals surface area contributed by atoms with Crippen molar-refractivity contribution in [2.45, 2.75) is 0 Å². The lowest BCUT2D eigenvalue weighted by atomic mass is 10.0. The van der Waals surface area contributed by atoms with Crippen LogP contribution in [0, 0.1) is 0 Å². The van der Waals surface area contributed by atoms with Crippen molar-refractivity contribution in [3.63, 3.8) is 0 Å². The Hall–Kier alpha value is -3.40. The first kappa shape index (κ1) is 15.5. The third-order valence-corrected chi connectivity index (χ3v) is 3.60. The van der Waals surface area contributed by atoms with Crippen molar-refractivity contribution >= 4 is 23.1 Å². The monoisotopic (exact) mass is 317 g/mol. The Morgan fingerprint density at radius 3 is 2.17 bits per heavy atom.